The number of nitrogens with one attached hydrogen (secondary N) is 2. The van der Waals surface area contributed by atoms with E-state index in [0.29, 0.717) is 30.1 Å². The number of methoxy groups -OCH3 is 3. The number of hydrogen-bond acceptors (Lipinski definition) is 5. The summed E-state index contributed by atoms with van der Waals surface area (Å²) in [5.41, 5.74) is 0.979. The zero-order chi connectivity index (χ0) is 19.8. The van der Waals surface area contributed by atoms with Gasteiger partial charge < -0.3 is 29.7 Å². The molecule has 1 aliphatic heterocycles. The van der Waals surface area contributed by atoms with Gasteiger partial charge in [-0.15, -0.1) is 0 Å². The van der Waals surface area contributed by atoms with Gasteiger partial charge >= 0.3 is 0 Å². The molecule has 152 valence electrons. The van der Waals surface area contributed by atoms with E-state index >= 15 is 0 Å². The molecule has 0 spiro atoms. The van der Waals surface area contributed by atoms with Crippen LogP contribution in [-0.4, -0.2) is 64.4 Å². The third kappa shape index (κ3) is 5.66. The topological polar surface area (TPSA) is 67.4 Å². The molecular weight excluding hydrogens is 344 g/mol. The first-order chi connectivity index (χ1) is 13.0. The Kier molecular flexibility index (Phi) is 8.03. The molecule has 27 heavy (non-hydrogen) atoms. The van der Waals surface area contributed by atoms with Crippen LogP contribution in [0.2, 0.25) is 0 Å². The molecule has 1 aromatic carbocycles. The highest BCUT2D eigenvalue weighted by atomic mass is 16.5. The maximum absolute atomic E-state index is 5.50. The second-order valence-corrected chi connectivity index (χ2v) is 6.99. The number of piperidine rings is 1. The van der Waals surface area contributed by atoms with Crippen molar-refractivity contribution < 1.29 is 14.2 Å². The van der Waals surface area contributed by atoms with E-state index in [0.717, 1.165) is 43.2 Å². The van der Waals surface area contributed by atoms with Crippen molar-refractivity contribution >= 4 is 5.96 Å². The second-order valence-electron chi connectivity index (χ2n) is 6.99. The van der Waals surface area contributed by atoms with Gasteiger partial charge in [-0.1, -0.05) is 0 Å². The highest BCUT2D eigenvalue weighted by Gasteiger charge is 2.21. The summed E-state index contributed by atoms with van der Waals surface area (Å²) in [6, 6.07) is 4.83. The molecule has 0 radical (unpaired) electrons. The lowest BCUT2D eigenvalue weighted by Gasteiger charge is -2.35. The SMILES string of the molecule is CN=C(NCc1cc(OC)c(OC)cc1OC)NC1CCN(C(C)C)CC1. The van der Waals surface area contributed by atoms with Gasteiger partial charge in [0.15, 0.2) is 17.5 Å². The van der Waals surface area contributed by atoms with Crippen LogP contribution in [0.3, 0.4) is 0 Å². The van der Waals surface area contributed by atoms with Crippen LogP contribution in [0.5, 0.6) is 17.2 Å². The van der Waals surface area contributed by atoms with Crippen molar-refractivity contribution in [1.82, 2.24) is 15.5 Å². The van der Waals surface area contributed by atoms with Gasteiger partial charge in [-0.2, -0.15) is 0 Å². The lowest BCUT2D eigenvalue weighted by molar-refractivity contribution is 0.167. The third-order valence-electron chi connectivity index (χ3n) is 5.06. The van der Waals surface area contributed by atoms with Gasteiger partial charge in [-0.05, 0) is 32.8 Å². The van der Waals surface area contributed by atoms with E-state index in [2.05, 4.69) is 34.4 Å². The molecule has 0 bridgehead atoms. The highest BCUT2D eigenvalue weighted by molar-refractivity contribution is 5.80. The van der Waals surface area contributed by atoms with Crippen LogP contribution in [0.25, 0.3) is 0 Å². The Hall–Kier alpha value is -2.15. The average Bonchev–Trinajstić information content (AvgIpc) is 2.70. The minimum Gasteiger partial charge on any atom is -0.496 e. The molecular formula is C20H34N4O3. The van der Waals surface area contributed by atoms with Crippen LogP contribution in [-0.2, 0) is 6.54 Å². The van der Waals surface area contributed by atoms with Crippen molar-refractivity contribution in [3.63, 3.8) is 0 Å². The van der Waals surface area contributed by atoms with Gasteiger partial charge in [0.1, 0.15) is 5.75 Å². The molecule has 7 nitrogen and oxygen atoms in total. The number of guanidine groups is 1. The second kappa shape index (κ2) is 10.3. The molecule has 7 heteroatoms. The summed E-state index contributed by atoms with van der Waals surface area (Å²) in [6.45, 7) is 7.33. The Labute approximate surface area is 163 Å². The Morgan fingerprint density at radius 1 is 1.07 bits per heavy atom. The zero-order valence-electron chi connectivity index (χ0n) is 17.5. The van der Waals surface area contributed by atoms with Crippen LogP contribution in [0, 0.1) is 0 Å². The summed E-state index contributed by atoms with van der Waals surface area (Å²) in [6.07, 6.45) is 2.25. The fourth-order valence-electron chi connectivity index (χ4n) is 3.36. The molecule has 0 saturated carbocycles. The number of rotatable bonds is 7. The summed E-state index contributed by atoms with van der Waals surface area (Å²) in [5, 5.41) is 6.92. The molecule has 0 unspecified atom stereocenters. The summed E-state index contributed by atoms with van der Waals surface area (Å²) in [4.78, 5) is 6.88. The molecule has 0 amide bonds. The van der Waals surface area contributed by atoms with Gasteiger partial charge in [0.25, 0.3) is 0 Å². The van der Waals surface area contributed by atoms with Crippen molar-refractivity contribution in [1.29, 1.82) is 0 Å². The summed E-state index contributed by atoms with van der Waals surface area (Å²) in [7, 11) is 6.70. The number of hydrogen-bond donors (Lipinski definition) is 2. The van der Waals surface area contributed by atoms with Gasteiger partial charge in [0.05, 0.1) is 21.3 Å². The summed E-state index contributed by atoms with van der Waals surface area (Å²) >= 11 is 0. The Morgan fingerprint density at radius 3 is 2.19 bits per heavy atom. The lowest BCUT2D eigenvalue weighted by atomic mass is 10.0. The predicted molar refractivity (Wildman–Crippen MR) is 109 cm³/mol. The minimum absolute atomic E-state index is 0.443. The first kappa shape index (κ1) is 21.2. The molecule has 0 aromatic heterocycles. The normalized spacial score (nSPS) is 16.3. The largest absolute Gasteiger partial charge is 0.496 e. The van der Waals surface area contributed by atoms with E-state index in [1.165, 1.54) is 0 Å². The molecule has 2 N–H and O–H groups in total. The van der Waals surface area contributed by atoms with E-state index in [9.17, 15) is 0 Å². The molecule has 1 heterocycles. The molecule has 1 saturated heterocycles. The first-order valence-corrected chi connectivity index (χ1v) is 9.52. The smallest absolute Gasteiger partial charge is 0.191 e. The number of likely N-dealkylation sites (tertiary alicyclic amines) is 1. The van der Waals surface area contributed by atoms with Gasteiger partial charge in [0, 0.05) is 50.4 Å². The van der Waals surface area contributed by atoms with Crippen LogP contribution < -0.4 is 24.8 Å². The Balaban J connectivity index is 1.96. The molecule has 0 aliphatic carbocycles. The molecule has 1 fully saturated rings. The zero-order valence-corrected chi connectivity index (χ0v) is 17.5. The van der Waals surface area contributed by atoms with Crippen LogP contribution in [0.15, 0.2) is 17.1 Å². The Morgan fingerprint density at radius 2 is 1.67 bits per heavy atom. The Bertz CT molecular complexity index is 626. The first-order valence-electron chi connectivity index (χ1n) is 9.52. The molecule has 0 atom stereocenters. The van der Waals surface area contributed by atoms with Gasteiger partial charge in [-0.25, -0.2) is 0 Å². The quantitative estimate of drug-likeness (QED) is 0.560. The van der Waals surface area contributed by atoms with Crippen LogP contribution >= 0.6 is 0 Å². The molecule has 1 aliphatic rings. The molecule has 1 aromatic rings. The van der Waals surface area contributed by atoms with Gasteiger partial charge in [0.2, 0.25) is 0 Å². The van der Waals surface area contributed by atoms with Crippen LogP contribution in [0.1, 0.15) is 32.3 Å². The summed E-state index contributed by atoms with van der Waals surface area (Å²) in [5.74, 6) is 2.88. The maximum atomic E-state index is 5.50. The number of ether oxygens (including phenoxy) is 3. The van der Waals surface area contributed by atoms with Gasteiger partial charge in [-0.3, -0.25) is 4.99 Å². The van der Waals surface area contributed by atoms with Crippen LogP contribution in [0.4, 0.5) is 0 Å². The van der Waals surface area contributed by atoms with Crippen molar-refractivity contribution in [2.45, 2.75) is 45.3 Å². The standard InChI is InChI=1S/C20H34N4O3/c1-14(2)24-9-7-16(8-10-24)23-20(21-3)22-13-15-11-18(26-5)19(27-6)12-17(15)25-4/h11-12,14,16H,7-10,13H2,1-6H3,(H2,21,22,23). The highest BCUT2D eigenvalue weighted by Crippen LogP contribution is 2.34. The number of benzene rings is 1. The summed E-state index contributed by atoms with van der Waals surface area (Å²) < 4.78 is 16.2. The predicted octanol–water partition coefficient (Wildman–Crippen LogP) is 2.25. The van der Waals surface area contributed by atoms with E-state index in [1.807, 2.05) is 12.1 Å². The van der Waals surface area contributed by atoms with E-state index in [-0.39, 0.29) is 0 Å². The van der Waals surface area contributed by atoms with E-state index < -0.39 is 0 Å². The fourth-order valence-corrected chi connectivity index (χ4v) is 3.36. The minimum atomic E-state index is 0.443. The van der Waals surface area contributed by atoms with Crippen molar-refractivity contribution in [3.8, 4) is 17.2 Å². The van der Waals surface area contributed by atoms with Crippen molar-refractivity contribution in [3.05, 3.63) is 17.7 Å². The van der Waals surface area contributed by atoms with E-state index in [1.54, 1.807) is 28.4 Å². The van der Waals surface area contributed by atoms with Crippen molar-refractivity contribution in [2.75, 3.05) is 41.5 Å². The monoisotopic (exact) mass is 378 g/mol. The van der Waals surface area contributed by atoms with E-state index in [4.69, 9.17) is 14.2 Å². The number of nitrogens with zero attached hydrogens (tertiary/aromatic N) is 2. The lowest BCUT2D eigenvalue weighted by Crippen LogP contribution is -2.49. The maximum Gasteiger partial charge on any atom is 0.191 e. The average molecular weight is 379 g/mol. The number of aliphatic imine (C=N–C) groups is 1. The van der Waals surface area contributed by atoms with Crippen molar-refractivity contribution in [2.24, 2.45) is 4.99 Å². The fraction of sp³-hybridized carbons (Fsp3) is 0.650. The third-order valence-corrected chi connectivity index (χ3v) is 5.06. The molecule has 2 rings (SSSR count).